The first-order valence-corrected chi connectivity index (χ1v) is 13.8. The van der Waals surface area contributed by atoms with Crippen LogP contribution in [0.5, 0.6) is 28.7 Å². The summed E-state index contributed by atoms with van der Waals surface area (Å²) in [6.45, 7) is 4.56. The minimum atomic E-state index is -0.348. The second-order valence-corrected chi connectivity index (χ2v) is 9.80. The predicted octanol–water partition coefficient (Wildman–Crippen LogP) is 3.71. The van der Waals surface area contributed by atoms with E-state index in [0.717, 1.165) is 43.2 Å². The lowest BCUT2D eigenvalue weighted by Gasteiger charge is -2.36. The molecule has 3 aromatic rings. The molecule has 0 aromatic heterocycles. The lowest BCUT2D eigenvalue weighted by Crippen LogP contribution is -2.48. The molecular formula is C32H39N3O7. The van der Waals surface area contributed by atoms with E-state index in [0.29, 0.717) is 36.1 Å². The average Bonchev–Trinajstić information content (AvgIpc) is 3.04. The quantitative estimate of drug-likeness (QED) is 0.305. The molecule has 42 heavy (non-hydrogen) atoms. The van der Waals surface area contributed by atoms with E-state index in [-0.39, 0.29) is 29.2 Å². The van der Waals surface area contributed by atoms with Crippen LogP contribution < -0.4 is 33.9 Å². The van der Waals surface area contributed by atoms with Gasteiger partial charge in [-0.25, -0.2) is 0 Å². The molecule has 0 bridgehead atoms. The molecule has 0 saturated carbocycles. The molecule has 224 valence electrons. The largest absolute Gasteiger partial charge is 0.495 e. The number of rotatable bonds is 13. The maximum absolute atomic E-state index is 13.5. The average molecular weight is 578 g/mol. The Morgan fingerprint density at radius 2 is 1.29 bits per heavy atom. The molecule has 0 atom stereocenters. The van der Waals surface area contributed by atoms with Crippen molar-refractivity contribution in [2.24, 2.45) is 0 Å². The molecule has 0 aliphatic carbocycles. The third-order valence-corrected chi connectivity index (χ3v) is 7.39. The number of ether oxygens (including phenoxy) is 5. The van der Waals surface area contributed by atoms with Crippen LogP contribution >= 0.6 is 0 Å². The van der Waals surface area contributed by atoms with E-state index in [1.54, 1.807) is 51.7 Å². The molecule has 4 rings (SSSR count). The fraction of sp³-hybridized carbons (Fsp3) is 0.375. The highest BCUT2D eigenvalue weighted by molar-refractivity contribution is 6.09. The van der Waals surface area contributed by atoms with Crippen LogP contribution in [0.2, 0.25) is 0 Å². The number of anilines is 1. The number of nitrogens with zero attached hydrogens (tertiary/aromatic N) is 2. The van der Waals surface area contributed by atoms with Crippen LogP contribution in [0.25, 0.3) is 0 Å². The van der Waals surface area contributed by atoms with E-state index in [4.69, 9.17) is 23.7 Å². The van der Waals surface area contributed by atoms with Gasteiger partial charge >= 0.3 is 0 Å². The molecule has 10 nitrogen and oxygen atoms in total. The molecule has 3 aromatic carbocycles. The fourth-order valence-corrected chi connectivity index (χ4v) is 5.09. The SMILES string of the molecule is COc1ccc(CC(=O)c2cc(OC)c(OC)cc2C(=O)NCCN2CCN(c3ccccc3OC)CC2)cc1OC. The second-order valence-electron chi connectivity index (χ2n) is 9.80. The van der Waals surface area contributed by atoms with E-state index in [2.05, 4.69) is 21.2 Å². The van der Waals surface area contributed by atoms with Gasteiger partial charge in [-0.1, -0.05) is 18.2 Å². The Balaban J connectivity index is 1.42. The van der Waals surface area contributed by atoms with Gasteiger partial charge in [-0.3, -0.25) is 14.5 Å². The minimum Gasteiger partial charge on any atom is -0.495 e. The third-order valence-electron chi connectivity index (χ3n) is 7.39. The molecule has 10 heteroatoms. The van der Waals surface area contributed by atoms with Gasteiger partial charge in [0.15, 0.2) is 28.8 Å². The lowest BCUT2D eigenvalue weighted by atomic mass is 9.97. The summed E-state index contributed by atoms with van der Waals surface area (Å²) in [5.41, 5.74) is 2.31. The first-order valence-electron chi connectivity index (χ1n) is 13.8. The summed E-state index contributed by atoms with van der Waals surface area (Å²) in [4.78, 5) is 31.5. The smallest absolute Gasteiger partial charge is 0.252 e. The van der Waals surface area contributed by atoms with Gasteiger partial charge in [0.1, 0.15) is 5.75 Å². The molecule has 1 aliphatic rings. The Morgan fingerprint density at radius 1 is 0.690 bits per heavy atom. The second kappa shape index (κ2) is 14.5. The number of Topliss-reactive ketones (excluding diaryl/α,β-unsaturated/α-hetero) is 1. The number of carbonyl (C=O) groups excluding carboxylic acids is 2. The Labute approximate surface area is 247 Å². The molecule has 1 fully saturated rings. The number of para-hydroxylation sites is 2. The van der Waals surface area contributed by atoms with E-state index in [9.17, 15) is 9.59 Å². The molecule has 0 radical (unpaired) electrons. The Hall–Kier alpha value is -4.44. The zero-order valence-corrected chi connectivity index (χ0v) is 24.9. The molecule has 1 saturated heterocycles. The zero-order valence-electron chi connectivity index (χ0n) is 24.9. The van der Waals surface area contributed by atoms with E-state index in [1.807, 2.05) is 18.2 Å². The zero-order chi connectivity index (χ0) is 30.1. The molecule has 0 spiro atoms. The number of methoxy groups -OCH3 is 5. The maximum Gasteiger partial charge on any atom is 0.252 e. The van der Waals surface area contributed by atoms with Gasteiger partial charge in [-0.2, -0.15) is 0 Å². The van der Waals surface area contributed by atoms with Crippen molar-refractivity contribution in [2.45, 2.75) is 6.42 Å². The number of carbonyl (C=O) groups is 2. The van der Waals surface area contributed by atoms with Crippen LogP contribution in [-0.2, 0) is 6.42 Å². The summed E-state index contributed by atoms with van der Waals surface area (Å²) in [5, 5.41) is 2.99. The summed E-state index contributed by atoms with van der Waals surface area (Å²) in [5.74, 6) is 2.12. The minimum absolute atomic E-state index is 0.0621. The normalized spacial score (nSPS) is 13.3. The summed E-state index contributed by atoms with van der Waals surface area (Å²) in [7, 11) is 7.77. The van der Waals surface area contributed by atoms with Crippen LogP contribution in [0.1, 0.15) is 26.3 Å². The first-order chi connectivity index (χ1) is 20.4. The number of amides is 1. The van der Waals surface area contributed by atoms with Crippen molar-refractivity contribution in [1.82, 2.24) is 10.2 Å². The van der Waals surface area contributed by atoms with Crippen molar-refractivity contribution in [3.05, 3.63) is 71.3 Å². The van der Waals surface area contributed by atoms with Crippen molar-refractivity contribution >= 4 is 17.4 Å². The molecular weight excluding hydrogens is 538 g/mol. The Bertz CT molecular complexity index is 1390. The topological polar surface area (TPSA) is 98.8 Å². The van der Waals surface area contributed by atoms with Gasteiger partial charge in [-0.05, 0) is 42.0 Å². The number of piperazine rings is 1. The van der Waals surface area contributed by atoms with Gasteiger partial charge < -0.3 is 33.9 Å². The van der Waals surface area contributed by atoms with Crippen LogP contribution in [0.4, 0.5) is 5.69 Å². The van der Waals surface area contributed by atoms with Crippen LogP contribution in [-0.4, -0.2) is 91.4 Å². The van der Waals surface area contributed by atoms with Crippen molar-refractivity contribution in [3.8, 4) is 28.7 Å². The third kappa shape index (κ3) is 7.06. The van der Waals surface area contributed by atoms with Crippen molar-refractivity contribution in [2.75, 3.05) is 79.7 Å². The summed E-state index contributed by atoms with van der Waals surface area (Å²) in [6, 6.07) is 16.4. The highest BCUT2D eigenvalue weighted by Gasteiger charge is 2.23. The number of nitrogens with one attached hydrogen (secondary N) is 1. The van der Waals surface area contributed by atoms with Crippen LogP contribution in [0.3, 0.4) is 0 Å². The van der Waals surface area contributed by atoms with Crippen LogP contribution in [0, 0.1) is 0 Å². The van der Waals surface area contributed by atoms with E-state index >= 15 is 0 Å². The maximum atomic E-state index is 13.5. The molecule has 0 unspecified atom stereocenters. The fourth-order valence-electron chi connectivity index (χ4n) is 5.09. The number of hydrogen-bond donors (Lipinski definition) is 1. The van der Waals surface area contributed by atoms with Crippen molar-refractivity contribution in [3.63, 3.8) is 0 Å². The Morgan fingerprint density at radius 3 is 1.93 bits per heavy atom. The van der Waals surface area contributed by atoms with Gasteiger partial charge in [0.25, 0.3) is 5.91 Å². The van der Waals surface area contributed by atoms with Crippen molar-refractivity contribution < 1.29 is 33.3 Å². The van der Waals surface area contributed by atoms with Gasteiger partial charge in [0.05, 0.1) is 46.8 Å². The predicted molar refractivity (Wildman–Crippen MR) is 161 cm³/mol. The monoisotopic (exact) mass is 577 g/mol. The Kier molecular flexibility index (Phi) is 10.5. The summed E-state index contributed by atoms with van der Waals surface area (Å²) in [6.07, 6.45) is 0.0621. The number of hydrogen-bond acceptors (Lipinski definition) is 9. The molecule has 1 amide bonds. The standard InChI is InChI=1S/C32H39N3O7/c1-38-27-9-7-6-8-25(27)35-16-14-34(15-17-35)13-12-33-32(37)24-21-31(42-5)30(41-4)20-23(24)26(36)18-22-10-11-28(39-2)29(19-22)40-3/h6-11,19-21H,12-18H2,1-5H3,(H,33,37). The lowest BCUT2D eigenvalue weighted by molar-refractivity contribution is 0.0929. The summed E-state index contributed by atoms with van der Waals surface area (Å²) < 4.78 is 27.1. The van der Waals surface area contributed by atoms with Crippen molar-refractivity contribution in [1.29, 1.82) is 0 Å². The highest BCUT2D eigenvalue weighted by Crippen LogP contribution is 2.33. The first kappa shape index (κ1) is 30.5. The highest BCUT2D eigenvalue weighted by atomic mass is 16.5. The van der Waals surface area contributed by atoms with Gasteiger partial charge in [-0.15, -0.1) is 0 Å². The molecule has 1 heterocycles. The summed E-state index contributed by atoms with van der Waals surface area (Å²) >= 11 is 0. The van der Waals surface area contributed by atoms with Crippen LogP contribution in [0.15, 0.2) is 54.6 Å². The molecule has 1 N–H and O–H groups in total. The molecule has 1 aliphatic heterocycles. The van der Waals surface area contributed by atoms with Gasteiger partial charge in [0, 0.05) is 51.3 Å². The van der Waals surface area contributed by atoms with Gasteiger partial charge in [0.2, 0.25) is 0 Å². The number of ketones is 1. The van der Waals surface area contributed by atoms with E-state index < -0.39 is 0 Å². The van der Waals surface area contributed by atoms with E-state index in [1.165, 1.54) is 14.2 Å². The number of benzene rings is 3.